The Morgan fingerprint density at radius 2 is 2.20 bits per heavy atom. The number of anilines is 1. The number of nitrogens with zero attached hydrogens (tertiary/aromatic N) is 1. The van der Waals surface area contributed by atoms with E-state index >= 15 is 0 Å². The van der Waals surface area contributed by atoms with Crippen molar-refractivity contribution in [1.82, 2.24) is 0 Å². The lowest BCUT2D eigenvalue weighted by Crippen LogP contribution is -2.26. The van der Waals surface area contributed by atoms with Crippen LogP contribution in [0.5, 0.6) is 0 Å². The summed E-state index contributed by atoms with van der Waals surface area (Å²) < 4.78 is 0. The number of hydrogen-bond acceptors (Lipinski definition) is 3. The fourth-order valence-corrected chi connectivity index (χ4v) is 3.03. The van der Waals surface area contributed by atoms with Gasteiger partial charge in [-0.25, -0.2) is 0 Å². The minimum Gasteiger partial charge on any atom is -0.379 e. The molecule has 1 aliphatic rings. The number of nitrogens with one attached hydrogen (secondary N) is 1. The first-order valence-electron chi connectivity index (χ1n) is 5.09. The molecule has 78 valence electrons. The van der Waals surface area contributed by atoms with Crippen molar-refractivity contribution in [2.24, 2.45) is 0 Å². The van der Waals surface area contributed by atoms with Gasteiger partial charge in [-0.05, 0) is 25.0 Å². The first-order valence-corrected chi connectivity index (χ1v) is 6.07. The molecule has 15 heavy (non-hydrogen) atoms. The van der Waals surface area contributed by atoms with E-state index in [1.165, 1.54) is 21.7 Å². The molecule has 2 nitrogen and oxygen atoms in total. The molecule has 1 aromatic rings. The highest BCUT2D eigenvalue weighted by atomic mass is 32.2. The zero-order valence-corrected chi connectivity index (χ0v) is 9.82. The molecule has 1 aromatic carbocycles. The van der Waals surface area contributed by atoms with Crippen LogP contribution in [0, 0.1) is 25.2 Å². The van der Waals surface area contributed by atoms with Crippen LogP contribution in [-0.4, -0.2) is 11.8 Å². The van der Waals surface area contributed by atoms with Gasteiger partial charge in [0.15, 0.2) is 0 Å². The van der Waals surface area contributed by atoms with Crippen LogP contribution in [0.2, 0.25) is 0 Å². The number of nitriles is 1. The summed E-state index contributed by atoms with van der Waals surface area (Å²) in [6.07, 6.45) is 0.583. The monoisotopic (exact) mass is 218 g/mol. The van der Waals surface area contributed by atoms with Crippen LogP contribution in [0.15, 0.2) is 17.0 Å². The van der Waals surface area contributed by atoms with Gasteiger partial charge in [-0.15, -0.1) is 11.8 Å². The second kappa shape index (κ2) is 4.16. The van der Waals surface area contributed by atoms with Crippen molar-refractivity contribution in [3.05, 3.63) is 23.3 Å². The Bertz CT molecular complexity index is 420. The summed E-state index contributed by atoms with van der Waals surface area (Å²) >= 11 is 1.86. The normalized spacial score (nSPS) is 18.9. The second-order valence-corrected chi connectivity index (χ2v) is 4.95. The van der Waals surface area contributed by atoms with Gasteiger partial charge in [0.2, 0.25) is 0 Å². The maximum absolute atomic E-state index is 8.69. The van der Waals surface area contributed by atoms with Crippen molar-refractivity contribution in [2.45, 2.75) is 31.2 Å². The fraction of sp³-hybridized carbons (Fsp3) is 0.417. The van der Waals surface area contributed by atoms with Gasteiger partial charge in [0, 0.05) is 16.7 Å². The molecule has 0 fully saturated rings. The van der Waals surface area contributed by atoms with E-state index in [1.807, 2.05) is 11.8 Å². The van der Waals surface area contributed by atoms with Gasteiger partial charge < -0.3 is 5.32 Å². The molecule has 0 saturated carbocycles. The lowest BCUT2D eigenvalue weighted by molar-refractivity contribution is 0.816. The van der Waals surface area contributed by atoms with Crippen LogP contribution in [0.1, 0.15) is 17.5 Å². The third kappa shape index (κ3) is 1.95. The molecule has 0 aliphatic carbocycles. The third-order valence-electron chi connectivity index (χ3n) is 2.68. The van der Waals surface area contributed by atoms with E-state index in [0.717, 1.165) is 5.75 Å². The topological polar surface area (TPSA) is 35.8 Å². The number of hydrogen-bond donors (Lipinski definition) is 1. The van der Waals surface area contributed by atoms with Crippen LogP contribution in [0.4, 0.5) is 5.69 Å². The molecule has 1 unspecified atom stereocenters. The lowest BCUT2D eigenvalue weighted by Gasteiger charge is -2.27. The Kier molecular flexibility index (Phi) is 2.88. The summed E-state index contributed by atoms with van der Waals surface area (Å²) in [6.45, 7) is 4.25. The van der Waals surface area contributed by atoms with E-state index in [-0.39, 0.29) is 0 Å². The van der Waals surface area contributed by atoms with Gasteiger partial charge in [0.05, 0.1) is 18.2 Å². The highest BCUT2D eigenvalue weighted by Gasteiger charge is 2.20. The number of benzene rings is 1. The quantitative estimate of drug-likeness (QED) is 0.786. The number of fused-ring (bicyclic) bond motifs is 1. The van der Waals surface area contributed by atoms with Gasteiger partial charge in [-0.3, -0.25) is 0 Å². The number of rotatable bonds is 1. The highest BCUT2D eigenvalue weighted by molar-refractivity contribution is 7.99. The lowest BCUT2D eigenvalue weighted by atomic mass is 10.1. The summed E-state index contributed by atoms with van der Waals surface area (Å²) in [5, 5.41) is 12.2. The van der Waals surface area contributed by atoms with Crippen LogP contribution in [-0.2, 0) is 0 Å². The predicted octanol–water partition coefficient (Wildman–Crippen LogP) is 3.10. The van der Waals surface area contributed by atoms with Crippen molar-refractivity contribution < 1.29 is 0 Å². The largest absolute Gasteiger partial charge is 0.379 e. The zero-order valence-electron chi connectivity index (χ0n) is 9.00. The molecular weight excluding hydrogens is 204 g/mol. The summed E-state index contributed by atoms with van der Waals surface area (Å²) in [4.78, 5) is 1.35. The Morgan fingerprint density at radius 1 is 1.47 bits per heavy atom. The first kappa shape index (κ1) is 10.4. The molecule has 0 saturated heterocycles. The Hall–Kier alpha value is -1.14. The average Bonchev–Trinajstić information content (AvgIpc) is 2.24. The average molecular weight is 218 g/mol. The van der Waals surface area contributed by atoms with Crippen LogP contribution in [0.3, 0.4) is 0 Å². The number of aryl methyl sites for hydroxylation is 2. The van der Waals surface area contributed by atoms with E-state index in [2.05, 4.69) is 37.4 Å². The molecule has 0 spiro atoms. The molecule has 3 heteroatoms. The second-order valence-electron chi connectivity index (χ2n) is 3.92. The van der Waals surface area contributed by atoms with Crippen LogP contribution < -0.4 is 5.32 Å². The minimum absolute atomic E-state index is 0.299. The molecule has 0 aromatic heterocycles. The van der Waals surface area contributed by atoms with Crippen molar-refractivity contribution in [3.8, 4) is 6.07 Å². The minimum atomic E-state index is 0.299. The van der Waals surface area contributed by atoms with Gasteiger partial charge in [0.25, 0.3) is 0 Å². The van der Waals surface area contributed by atoms with Crippen LogP contribution in [0.25, 0.3) is 0 Å². The van der Waals surface area contributed by atoms with E-state index in [4.69, 9.17) is 5.26 Å². The fourth-order valence-electron chi connectivity index (χ4n) is 1.80. The van der Waals surface area contributed by atoms with Crippen molar-refractivity contribution >= 4 is 17.4 Å². The maximum Gasteiger partial charge on any atom is 0.0643 e. The summed E-state index contributed by atoms with van der Waals surface area (Å²) in [5.41, 5.74) is 3.82. The SMILES string of the molecule is Cc1ccc(C)c2c1NC(CC#N)CS2. The zero-order chi connectivity index (χ0) is 10.8. The smallest absolute Gasteiger partial charge is 0.0643 e. The standard InChI is InChI=1S/C12H14N2S/c1-8-3-4-9(2)12-11(8)14-10(5-6-13)7-15-12/h3-4,10,14H,5,7H2,1-2H3. The molecule has 0 bridgehead atoms. The Morgan fingerprint density at radius 3 is 2.93 bits per heavy atom. The predicted molar refractivity (Wildman–Crippen MR) is 64.3 cm³/mol. The molecule has 1 atom stereocenters. The van der Waals surface area contributed by atoms with E-state index in [1.54, 1.807) is 0 Å². The van der Waals surface area contributed by atoms with Crippen molar-refractivity contribution in [1.29, 1.82) is 5.26 Å². The molecule has 1 heterocycles. The third-order valence-corrected chi connectivity index (χ3v) is 4.06. The summed E-state index contributed by atoms with van der Waals surface area (Å²) in [5.74, 6) is 0.991. The molecular formula is C12H14N2S. The van der Waals surface area contributed by atoms with Gasteiger partial charge in [-0.2, -0.15) is 5.26 Å². The molecule has 1 N–H and O–H groups in total. The van der Waals surface area contributed by atoms with Gasteiger partial charge >= 0.3 is 0 Å². The molecule has 2 rings (SSSR count). The maximum atomic E-state index is 8.69. The van der Waals surface area contributed by atoms with Crippen molar-refractivity contribution in [3.63, 3.8) is 0 Å². The Labute approximate surface area is 94.7 Å². The van der Waals surface area contributed by atoms with Crippen molar-refractivity contribution in [2.75, 3.05) is 11.1 Å². The summed E-state index contributed by atoms with van der Waals surface area (Å²) in [6, 6.07) is 6.82. The van der Waals surface area contributed by atoms with Gasteiger partial charge in [-0.1, -0.05) is 12.1 Å². The van der Waals surface area contributed by atoms with E-state index in [9.17, 15) is 0 Å². The summed E-state index contributed by atoms with van der Waals surface area (Å²) in [7, 11) is 0. The number of thioether (sulfide) groups is 1. The Balaban J connectivity index is 2.33. The van der Waals surface area contributed by atoms with E-state index in [0.29, 0.717) is 12.5 Å². The van der Waals surface area contributed by atoms with Crippen LogP contribution >= 0.6 is 11.8 Å². The van der Waals surface area contributed by atoms with E-state index < -0.39 is 0 Å². The van der Waals surface area contributed by atoms with Gasteiger partial charge in [0.1, 0.15) is 0 Å². The molecule has 0 radical (unpaired) electrons. The molecule has 1 aliphatic heterocycles. The first-order chi connectivity index (χ1) is 7.22. The molecule has 0 amide bonds. The highest BCUT2D eigenvalue weighted by Crippen LogP contribution is 2.38.